The van der Waals surface area contributed by atoms with Crippen molar-refractivity contribution >= 4 is 6.09 Å². The van der Waals surface area contributed by atoms with Crippen LogP contribution in [0.3, 0.4) is 0 Å². The van der Waals surface area contributed by atoms with Crippen LogP contribution >= 0.6 is 0 Å². The van der Waals surface area contributed by atoms with Crippen molar-refractivity contribution < 1.29 is 9.53 Å². The Bertz CT molecular complexity index is 647. The topological polar surface area (TPSA) is 38.3 Å². The number of carbonyl (C=O) groups is 1. The van der Waals surface area contributed by atoms with Crippen molar-refractivity contribution in [1.82, 2.24) is 5.32 Å². The van der Waals surface area contributed by atoms with Crippen molar-refractivity contribution in [3.63, 3.8) is 0 Å². The summed E-state index contributed by atoms with van der Waals surface area (Å²) in [6, 6.07) is 12.1. The van der Waals surface area contributed by atoms with E-state index >= 15 is 0 Å². The van der Waals surface area contributed by atoms with Crippen LogP contribution in [0.25, 0.3) is 11.1 Å². The number of hydrogen-bond donors (Lipinski definition) is 1. The van der Waals surface area contributed by atoms with Gasteiger partial charge in [0.1, 0.15) is 5.75 Å². The Morgan fingerprint density at radius 3 is 2.30 bits per heavy atom. The molecule has 3 nitrogen and oxygen atoms in total. The molecule has 1 amide bonds. The maximum Gasteiger partial charge on any atom is 0.412 e. The Labute approximate surface area is 119 Å². The van der Waals surface area contributed by atoms with Gasteiger partial charge < -0.3 is 10.1 Å². The van der Waals surface area contributed by atoms with Gasteiger partial charge in [0, 0.05) is 7.05 Å². The number of ether oxygens (including phenoxy) is 1. The minimum Gasteiger partial charge on any atom is -0.410 e. The van der Waals surface area contributed by atoms with Gasteiger partial charge in [-0.1, -0.05) is 24.3 Å². The fourth-order valence-electron chi connectivity index (χ4n) is 2.09. The fourth-order valence-corrected chi connectivity index (χ4v) is 2.09. The van der Waals surface area contributed by atoms with Crippen molar-refractivity contribution in [2.45, 2.75) is 20.8 Å². The molecule has 2 rings (SSSR count). The van der Waals surface area contributed by atoms with Crippen LogP contribution < -0.4 is 10.1 Å². The molecule has 0 saturated heterocycles. The summed E-state index contributed by atoms with van der Waals surface area (Å²) in [5.74, 6) is 0.550. The molecular weight excluding hydrogens is 250 g/mol. The van der Waals surface area contributed by atoms with E-state index in [1.54, 1.807) is 7.05 Å². The van der Waals surface area contributed by atoms with Gasteiger partial charge in [-0.3, -0.25) is 0 Å². The minimum atomic E-state index is -0.455. The molecule has 0 aliphatic rings. The minimum absolute atomic E-state index is 0.455. The zero-order valence-corrected chi connectivity index (χ0v) is 12.3. The monoisotopic (exact) mass is 269 g/mol. The van der Waals surface area contributed by atoms with Crippen molar-refractivity contribution in [3.05, 3.63) is 53.1 Å². The molecule has 0 radical (unpaired) electrons. The molecule has 0 atom stereocenters. The van der Waals surface area contributed by atoms with Crippen LogP contribution in [0.15, 0.2) is 36.4 Å². The van der Waals surface area contributed by atoms with Gasteiger partial charge in [-0.05, 0) is 60.7 Å². The highest BCUT2D eigenvalue weighted by Crippen LogP contribution is 2.28. The molecule has 0 heterocycles. The second-order valence-electron chi connectivity index (χ2n) is 4.92. The number of carbonyl (C=O) groups excluding carboxylic acids is 1. The second kappa shape index (κ2) is 5.78. The maximum atomic E-state index is 11.2. The molecule has 0 aliphatic heterocycles. The van der Waals surface area contributed by atoms with E-state index in [-0.39, 0.29) is 0 Å². The molecule has 0 saturated carbocycles. The zero-order chi connectivity index (χ0) is 14.7. The van der Waals surface area contributed by atoms with E-state index in [9.17, 15) is 4.79 Å². The number of benzene rings is 2. The van der Waals surface area contributed by atoms with Gasteiger partial charge in [0.05, 0.1) is 0 Å². The Kier molecular flexibility index (Phi) is 4.08. The van der Waals surface area contributed by atoms with E-state index in [1.165, 1.54) is 16.7 Å². The SMILES string of the molecule is CNC(=O)Oc1ccc(-c2ccc(C)c(C)c2)c(C)c1. The molecule has 20 heavy (non-hydrogen) atoms. The van der Waals surface area contributed by atoms with E-state index in [0.29, 0.717) is 5.75 Å². The van der Waals surface area contributed by atoms with Gasteiger partial charge in [-0.15, -0.1) is 0 Å². The molecule has 104 valence electrons. The van der Waals surface area contributed by atoms with Crippen molar-refractivity contribution in [1.29, 1.82) is 0 Å². The van der Waals surface area contributed by atoms with E-state index in [4.69, 9.17) is 4.74 Å². The number of amides is 1. The first-order valence-electron chi connectivity index (χ1n) is 6.59. The molecule has 0 aliphatic carbocycles. The quantitative estimate of drug-likeness (QED) is 0.895. The number of nitrogens with one attached hydrogen (secondary N) is 1. The summed E-state index contributed by atoms with van der Waals surface area (Å²) in [6.07, 6.45) is -0.455. The molecular formula is C17H19NO2. The van der Waals surface area contributed by atoms with Gasteiger partial charge in [-0.25, -0.2) is 4.79 Å². The third-order valence-corrected chi connectivity index (χ3v) is 3.43. The van der Waals surface area contributed by atoms with E-state index in [0.717, 1.165) is 11.1 Å². The highest BCUT2D eigenvalue weighted by atomic mass is 16.5. The summed E-state index contributed by atoms with van der Waals surface area (Å²) in [4.78, 5) is 11.2. The Morgan fingerprint density at radius 1 is 0.950 bits per heavy atom. The van der Waals surface area contributed by atoms with Gasteiger partial charge in [0.15, 0.2) is 0 Å². The van der Waals surface area contributed by atoms with Gasteiger partial charge >= 0.3 is 6.09 Å². The number of hydrogen-bond acceptors (Lipinski definition) is 2. The predicted octanol–water partition coefficient (Wildman–Crippen LogP) is 4.00. The molecule has 0 fully saturated rings. The molecule has 0 unspecified atom stereocenters. The number of aryl methyl sites for hydroxylation is 3. The predicted molar refractivity (Wildman–Crippen MR) is 81.2 cm³/mol. The lowest BCUT2D eigenvalue weighted by atomic mass is 9.97. The second-order valence-corrected chi connectivity index (χ2v) is 4.92. The van der Waals surface area contributed by atoms with Crippen LogP contribution in [-0.4, -0.2) is 13.1 Å². The van der Waals surface area contributed by atoms with E-state index in [2.05, 4.69) is 37.4 Å². The summed E-state index contributed by atoms with van der Waals surface area (Å²) in [6.45, 7) is 6.23. The third-order valence-electron chi connectivity index (χ3n) is 3.43. The molecule has 2 aromatic rings. The molecule has 2 aromatic carbocycles. The van der Waals surface area contributed by atoms with Gasteiger partial charge in [0.2, 0.25) is 0 Å². The molecule has 0 aromatic heterocycles. The molecule has 3 heteroatoms. The lowest BCUT2D eigenvalue weighted by Crippen LogP contribution is -2.22. The van der Waals surface area contributed by atoms with Crippen molar-refractivity contribution in [2.24, 2.45) is 0 Å². The average molecular weight is 269 g/mol. The van der Waals surface area contributed by atoms with Crippen molar-refractivity contribution in [3.8, 4) is 16.9 Å². The van der Waals surface area contributed by atoms with Crippen LogP contribution in [0.1, 0.15) is 16.7 Å². The lowest BCUT2D eigenvalue weighted by Gasteiger charge is -2.10. The number of rotatable bonds is 2. The standard InChI is InChI=1S/C17H19NO2/c1-11-5-6-14(9-12(11)2)16-8-7-15(10-13(16)3)20-17(19)18-4/h5-10H,1-4H3,(H,18,19). The largest absolute Gasteiger partial charge is 0.412 e. The van der Waals surface area contributed by atoms with Gasteiger partial charge in [-0.2, -0.15) is 0 Å². The molecule has 1 N–H and O–H groups in total. The molecule has 0 bridgehead atoms. The van der Waals surface area contributed by atoms with Crippen LogP contribution in [0, 0.1) is 20.8 Å². The highest BCUT2D eigenvalue weighted by Gasteiger charge is 2.07. The van der Waals surface area contributed by atoms with E-state index in [1.807, 2.05) is 25.1 Å². The smallest absolute Gasteiger partial charge is 0.410 e. The fraction of sp³-hybridized carbons (Fsp3) is 0.235. The molecule has 0 spiro atoms. The van der Waals surface area contributed by atoms with Crippen LogP contribution in [0.5, 0.6) is 5.75 Å². The normalized spacial score (nSPS) is 10.2. The van der Waals surface area contributed by atoms with Gasteiger partial charge in [0.25, 0.3) is 0 Å². The first-order chi connectivity index (χ1) is 9.51. The first-order valence-corrected chi connectivity index (χ1v) is 6.59. The Morgan fingerprint density at radius 2 is 1.70 bits per heavy atom. The van der Waals surface area contributed by atoms with Crippen molar-refractivity contribution in [2.75, 3.05) is 7.05 Å². The Balaban J connectivity index is 2.34. The highest BCUT2D eigenvalue weighted by molar-refractivity contribution is 5.72. The first kappa shape index (κ1) is 14.1. The van der Waals surface area contributed by atoms with Crippen LogP contribution in [0.2, 0.25) is 0 Å². The van der Waals surface area contributed by atoms with Crippen LogP contribution in [-0.2, 0) is 0 Å². The summed E-state index contributed by atoms with van der Waals surface area (Å²) in [5.41, 5.74) is 5.96. The van der Waals surface area contributed by atoms with E-state index < -0.39 is 6.09 Å². The summed E-state index contributed by atoms with van der Waals surface area (Å²) < 4.78 is 5.13. The van der Waals surface area contributed by atoms with Crippen LogP contribution in [0.4, 0.5) is 4.79 Å². The maximum absolute atomic E-state index is 11.2. The summed E-state index contributed by atoms with van der Waals surface area (Å²) in [7, 11) is 1.54. The zero-order valence-electron chi connectivity index (χ0n) is 12.3. The third kappa shape index (κ3) is 2.99. The average Bonchev–Trinajstić information content (AvgIpc) is 2.42. The summed E-state index contributed by atoms with van der Waals surface area (Å²) in [5, 5.41) is 2.43. The summed E-state index contributed by atoms with van der Waals surface area (Å²) >= 11 is 0. The Hall–Kier alpha value is -2.29. The lowest BCUT2D eigenvalue weighted by molar-refractivity contribution is 0.203.